The predicted octanol–water partition coefficient (Wildman–Crippen LogP) is 1.21. The summed E-state index contributed by atoms with van der Waals surface area (Å²) in [4.78, 5) is 11.4. The van der Waals surface area contributed by atoms with Crippen molar-refractivity contribution in [1.82, 2.24) is 24.6 Å². The Morgan fingerprint density at radius 2 is 1.83 bits per heavy atom. The fourth-order valence-electron chi connectivity index (χ4n) is 1.76. The topological polar surface area (TPSA) is 116 Å². The van der Waals surface area contributed by atoms with Crippen molar-refractivity contribution in [1.29, 1.82) is 0 Å². The van der Waals surface area contributed by atoms with Gasteiger partial charge in [0, 0.05) is 16.3 Å². The third kappa shape index (κ3) is 2.74. The minimum absolute atomic E-state index is 0.0255. The summed E-state index contributed by atoms with van der Waals surface area (Å²) in [6.07, 6.45) is 0.918. The van der Waals surface area contributed by atoms with E-state index < -0.39 is 26.6 Å². The van der Waals surface area contributed by atoms with Gasteiger partial charge in [-0.3, -0.25) is 0 Å². The second-order valence-electron chi connectivity index (χ2n) is 4.53. The van der Waals surface area contributed by atoms with Crippen molar-refractivity contribution in [2.75, 3.05) is 12.0 Å². The number of halogens is 3. The maximum Gasteiger partial charge on any atom is 0.258 e. The number of anilines is 1. The Morgan fingerprint density at radius 1 is 1.17 bits per heavy atom. The van der Waals surface area contributed by atoms with Crippen LogP contribution in [0.5, 0.6) is 0 Å². The van der Waals surface area contributed by atoms with Gasteiger partial charge in [0.1, 0.15) is 0 Å². The van der Waals surface area contributed by atoms with Gasteiger partial charge in [-0.2, -0.15) is 19.5 Å². The zero-order chi connectivity index (χ0) is 16.9. The molecule has 0 saturated heterocycles. The van der Waals surface area contributed by atoms with Gasteiger partial charge in [0.25, 0.3) is 10.9 Å². The molecule has 0 radical (unpaired) electrons. The first-order chi connectivity index (χ1) is 10.7. The molecule has 0 unspecified atom stereocenters. The molecule has 8 nitrogen and oxygen atoms in total. The number of hydrogen-bond acceptors (Lipinski definition) is 7. The van der Waals surface area contributed by atoms with Gasteiger partial charge < -0.3 is 5.73 Å². The van der Waals surface area contributed by atoms with E-state index in [1.54, 1.807) is 0 Å². The quantitative estimate of drug-likeness (QED) is 0.637. The SMILES string of the molecule is CS(=O)(=O)c1nc(N)n2nc(-c3cc(F)c(F)cc3Br)nc2n1. The second kappa shape index (κ2) is 5.16. The van der Waals surface area contributed by atoms with Crippen molar-refractivity contribution >= 4 is 37.5 Å². The van der Waals surface area contributed by atoms with Gasteiger partial charge in [-0.25, -0.2) is 17.2 Å². The molecule has 23 heavy (non-hydrogen) atoms. The van der Waals surface area contributed by atoms with Crippen LogP contribution < -0.4 is 5.73 Å². The van der Waals surface area contributed by atoms with Crippen LogP contribution in [0.3, 0.4) is 0 Å². The summed E-state index contributed by atoms with van der Waals surface area (Å²) < 4.78 is 50.8. The maximum atomic E-state index is 13.4. The van der Waals surface area contributed by atoms with Crippen LogP contribution in [0.4, 0.5) is 14.7 Å². The summed E-state index contributed by atoms with van der Waals surface area (Å²) in [6, 6.07) is 1.82. The number of nitrogens with zero attached hydrogens (tertiary/aromatic N) is 5. The van der Waals surface area contributed by atoms with E-state index in [0.29, 0.717) is 0 Å². The number of nitrogen functional groups attached to an aromatic ring is 1. The zero-order valence-electron chi connectivity index (χ0n) is 11.3. The first-order valence-corrected chi connectivity index (χ1v) is 8.60. The highest BCUT2D eigenvalue weighted by atomic mass is 79.9. The van der Waals surface area contributed by atoms with E-state index in [9.17, 15) is 17.2 Å². The fraction of sp³-hybridized carbons (Fsp3) is 0.0909. The van der Waals surface area contributed by atoms with Crippen LogP contribution in [-0.4, -0.2) is 39.2 Å². The molecule has 0 aliphatic heterocycles. The number of benzene rings is 1. The number of hydrogen-bond donors (Lipinski definition) is 1. The van der Waals surface area contributed by atoms with Crippen molar-refractivity contribution in [2.45, 2.75) is 5.16 Å². The molecule has 120 valence electrons. The third-order valence-corrected chi connectivity index (χ3v) is 4.30. The molecule has 3 rings (SSSR count). The molecule has 3 aromatic rings. The van der Waals surface area contributed by atoms with Gasteiger partial charge >= 0.3 is 0 Å². The Labute approximate surface area is 136 Å². The number of aromatic nitrogens is 5. The highest BCUT2D eigenvalue weighted by Crippen LogP contribution is 2.28. The number of nitrogens with two attached hydrogens (primary N) is 1. The highest BCUT2D eigenvalue weighted by molar-refractivity contribution is 9.10. The van der Waals surface area contributed by atoms with Gasteiger partial charge in [0.15, 0.2) is 17.5 Å². The van der Waals surface area contributed by atoms with Gasteiger partial charge in [-0.1, -0.05) is 0 Å². The molecule has 1 aromatic carbocycles. The molecule has 0 amide bonds. The molecule has 0 spiro atoms. The van der Waals surface area contributed by atoms with E-state index in [1.807, 2.05) is 0 Å². The Bertz CT molecular complexity index is 1050. The predicted molar refractivity (Wildman–Crippen MR) is 79.2 cm³/mol. The minimum Gasteiger partial charge on any atom is -0.368 e. The van der Waals surface area contributed by atoms with Gasteiger partial charge in [-0.05, 0) is 28.1 Å². The van der Waals surface area contributed by atoms with Gasteiger partial charge in [0.05, 0.1) is 0 Å². The molecule has 0 bridgehead atoms. The fourth-order valence-corrected chi connectivity index (χ4v) is 2.76. The van der Waals surface area contributed by atoms with Crippen LogP contribution in [0.25, 0.3) is 17.2 Å². The van der Waals surface area contributed by atoms with Crippen LogP contribution in [0.15, 0.2) is 21.8 Å². The normalized spacial score (nSPS) is 12.0. The van der Waals surface area contributed by atoms with Crippen molar-refractivity contribution < 1.29 is 17.2 Å². The van der Waals surface area contributed by atoms with Gasteiger partial charge in [0.2, 0.25) is 15.8 Å². The highest BCUT2D eigenvalue weighted by Gasteiger charge is 2.19. The molecule has 2 N–H and O–H groups in total. The lowest BCUT2D eigenvalue weighted by Crippen LogP contribution is -2.11. The first-order valence-electron chi connectivity index (χ1n) is 5.92. The van der Waals surface area contributed by atoms with Crippen LogP contribution in [0, 0.1) is 11.6 Å². The van der Waals surface area contributed by atoms with Gasteiger partial charge in [-0.15, -0.1) is 5.10 Å². The lowest BCUT2D eigenvalue weighted by Gasteiger charge is -2.00. The lowest BCUT2D eigenvalue weighted by molar-refractivity contribution is 0.508. The number of rotatable bonds is 2. The summed E-state index contributed by atoms with van der Waals surface area (Å²) in [7, 11) is -3.69. The standard InChI is InChI=1S/C11H7BrF2N6O2S/c1-23(21,22)11-17-9(15)20-10(18-11)16-8(19-20)4-2-6(13)7(14)3-5(4)12/h2-3H,1H3,(H2,15,16,17,18,19). The largest absolute Gasteiger partial charge is 0.368 e. The summed E-state index contributed by atoms with van der Waals surface area (Å²) in [5.74, 6) is -2.54. The Balaban J connectivity index is 2.26. The average molecular weight is 405 g/mol. The molecule has 0 atom stereocenters. The lowest BCUT2D eigenvalue weighted by atomic mass is 10.2. The van der Waals surface area contributed by atoms with Crippen molar-refractivity contribution in [3.63, 3.8) is 0 Å². The van der Waals surface area contributed by atoms with E-state index in [0.717, 1.165) is 22.9 Å². The molecule has 2 aromatic heterocycles. The molecular formula is C11H7BrF2N6O2S. The summed E-state index contributed by atoms with van der Waals surface area (Å²) in [6.45, 7) is 0. The molecule has 0 aliphatic carbocycles. The number of fused-ring (bicyclic) bond motifs is 1. The Hall–Kier alpha value is -2.21. The molecule has 0 fully saturated rings. The first kappa shape index (κ1) is 15.7. The van der Waals surface area contributed by atoms with Crippen LogP contribution in [0.2, 0.25) is 0 Å². The second-order valence-corrected chi connectivity index (χ2v) is 7.29. The Morgan fingerprint density at radius 3 is 2.48 bits per heavy atom. The van der Waals surface area contributed by atoms with E-state index in [-0.39, 0.29) is 27.6 Å². The van der Waals surface area contributed by atoms with Crippen molar-refractivity contribution in [2.24, 2.45) is 0 Å². The summed E-state index contributed by atoms with van der Waals surface area (Å²) in [5, 5.41) is 3.47. The summed E-state index contributed by atoms with van der Waals surface area (Å²) in [5.41, 5.74) is 5.78. The smallest absolute Gasteiger partial charge is 0.258 e. The average Bonchev–Trinajstić information content (AvgIpc) is 2.86. The zero-order valence-corrected chi connectivity index (χ0v) is 13.7. The van der Waals surface area contributed by atoms with E-state index in [2.05, 4.69) is 36.0 Å². The monoisotopic (exact) mass is 404 g/mol. The minimum atomic E-state index is -3.69. The molecule has 12 heteroatoms. The van der Waals surface area contributed by atoms with Crippen molar-refractivity contribution in [3.8, 4) is 11.4 Å². The van der Waals surface area contributed by atoms with Crippen molar-refractivity contribution in [3.05, 3.63) is 28.2 Å². The Kier molecular flexibility index (Phi) is 3.52. The summed E-state index contributed by atoms with van der Waals surface area (Å²) >= 11 is 3.08. The molecular weight excluding hydrogens is 398 g/mol. The van der Waals surface area contributed by atoms with Crippen LogP contribution in [-0.2, 0) is 9.84 Å². The van der Waals surface area contributed by atoms with Crippen LogP contribution in [0.1, 0.15) is 0 Å². The van der Waals surface area contributed by atoms with E-state index in [4.69, 9.17) is 5.73 Å². The maximum absolute atomic E-state index is 13.4. The molecule has 0 aliphatic rings. The number of sulfone groups is 1. The van der Waals surface area contributed by atoms with Crippen LogP contribution >= 0.6 is 15.9 Å². The third-order valence-electron chi connectivity index (χ3n) is 2.80. The molecule has 0 saturated carbocycles. The van der Waals surface area contributed by atoms with E-state index in [1.165, 1.54) is 0 Å². The van der Waals surface area contributed by atoms with E-state index >= 15 is 0 Å². The molecule has 2 heterocycles.